The van der Waals surface area contributed by atoms with Crippen molar-refractivity contribution in [2.45, 2.75) is 12.5 Å². The zero-order valence-electron chi connectivity index (χ0n) is 13.0. The molecule has 0 saturated carbocycles. The molecule has 1 saturated heterocycles. The molecule has 4 rings (SSSR count). The van der Waals surface area contributed by atoms with Gasteiger partial charge in [0.05, 0.1) is 6.26 Å². The van der Waals surface area contributed by atoms with E-state index in [1.165, 1.54) is 5.69 Å². The van der Waals surface area contributed by atoms with Crippen LogP contribution in [-0.4, -0.2) is 30.2 Å². The van der Waals surface area contributed by atoms with Gasteiger partial charge in [0.1, 0.15) is 0 Å². The summed E-state index contributed by atoms with van der Waals surface area (Å²) in [6.45, 7) is 1.71. The number of amides is 1. The van der Waals surface area contributed by atoms with Gasteiger partial charge in [0, 0.05) is 30.9 Å². The Balaban J connectivity index is 1.39. The summed E-state index contributed by atoms with van der Waals surface area (Å²) in [6, 6.07) is 15.4. The molecule has 1 aliphatic heterocycles. The van der Waals surface area contributed by atoms with Gasteiger partial charge in [0.2, 0.25) is 5.76 Å². The Morgan fingerprint density at radius 2 is 2.04 bits per heavy atom. The summed E-state index contributed by atoms with van der Waals surface area (Å²) in [4.78, 5) is 14.6. The molecular formula is C18H17N3O3. The van der Waals surface area contributed by atoms with Gasteiger partial charge in [-0.2, -0.15) is 0 Å². The second-order valence-corrected chi connectivity index (χ2v) is 5.79. The van der Waals surface area contributed by atoms with E-state index in [-0.39, 0.29) is 17.6 Å². The van der Waals surface area contributed by atoms with E-state index in [0.717, 1.165) is 19.5 Å². The molecule has 2 aromatic heterocycles. The zero-order chi connectivity index (χ0) is 16.4. The minimum atomic E-state index is -0.225. The molecule has 1 fully saturated rings. The summed E-state index contributed by atoms with van der Waals surface area (Å²) in [5, 5.41) is 6.85. The Hall–Kier alpha value is -3.02. The van der Waals surface area contributed by atoms with Crippen molar-refractivity contribution in [1.82, 2.24) is 10.5 Å². The summed E-state index contributed by atoms with van der Waals surface area (Å²) in [5.74, 6) is 0.775. The summed E-state index contributed by atoms with van der Waals surface area (Å²) in [5.41, 5.74) is 1.44. The Morgan fingerprint density at radius 3 is 2.83 bits per heavy atom. The van der Waals surface area contributed by atoms with Crippen LogP contribution < -0.4 is 10.2 Å². The lowest BCUT2D eigenvalue weighted by Crippen LogP contribution is -2.37. The predicted octanol–water partition coefficient (Wildman–Crippen LogP) is 2.94. The van der Waals surface area contributed by atoms with Crippen LogP contribution in [0.25, 0.3) is 11.5 Å². The highest BCUT2D eigenvalue weighted by molar-refractivity contribution is 5.93. The lowest BCUT2D eigenvalue weighted by Gasteiger charge is -2.18. The van der Waals surface area contributed by atoms with E-state index in [9.17, 15) is 4.79 Å². The van der Waals surface area contributed by atoms with Gasteiger partial charge in [0.25, 0.3) is 5.91 Å². The van der Waals surface area contributed by atoms with Crippen LogP contribution in [0.2, 0.25) is 0 Å². The van der Waals surface area contributed by atoms with Gasteiger partial charge in [-0.3, -0.25) is 4.79 Å². The van der Waals surface area contributed by atoms with Crippen molar-refractivity contribution in [3.8, 4) is 11.5 Å². The van der Waals surface area contributed by atoms with Crippen molar-refractivity contribution < 1.29 is 13.7 Å². The fourth-order valence-electron chi connectivity index (χ4n) is 2.93. The number of nitrogens with zero attached hydrogens (tertiary/aromatic N) is 2. The Labute approximate surface area is 139 Å². The zero-order valence-corrected chi connectivity index (χ0v) is 13.0. The number of nitrogens with one attached hydrogen (secondary N) is 1. The summed E-state index contributed by atoms with van der Waals surface area (Å²) in [7, 11) is 0. The standard InChI is InChI=1S/C18H17N3O3/c22-18(15-11-17(24-20-15)16-7-4-10-23-16)19-13-8-9-21(12-13)14-5-2-1-3-6-14/h1-7,10-11,13H,8-9,12H2,(H,19,22). The first-order valence-electron chi connectivity index (χ1n) is 7.91. The largest absolute Gasteiger partial charge is 0.461 e. The van der Waals surface area contributed by atoms with Crippen LogP contribution in [0.3, 0.4) is 0 Å². The second-order valence-electron chi connectivity index (χ2n) is 5.79. The molecule has 6 nitrogen and oxygen atoms in total. The number of aromatic nitrogens is 1. The molecule has 1 unspecified atom stereocenters. The lowest BCUT2D eigenvalue weighted by molar-refractivity contribution is 0.0931. The van der Waals surface area contributed by atoms with Gasteiger partial charge in [-0.25, -0.2) is 0 Å². The third kappa shape index (κ3) is 2.90. The number of hydrogen-bond donors (Lipinski definition) is 1. The first-order valence-corrected chi connectivity index (χ1v) is 7.91. The minimum absolute atomic E-state index is 0.0986. The van der Waals surface area contributed by atoms with Gasteiger partial charge >= 0.3 is 0 Å². The number of hydrogen-bond acceptors (Lipinski definition) is 5. The SMILES string of the molecule is O=C(NC1CCN(c2ccccc2)C1)c1cc(-c2ccco2)on1. The van der Waals surface area contributed by atoms with Crippen molar-refractivity contribution >= 4 is 11.6 Å². The molecule has 6 heteroatoms. The third-order valence-corrected chi connectivity index (χ3v) is 4.15. The fraction of sp³-hybridized carbons (Fsp3) is 0.222. The number of carbonyl (C=O) groups excluding carboxylic acids is 1. The van der Waals surface area contributed by atoms with Gasteiger partial charge in [-0.1, -0.05) is 23.4 Å². The molecule has 0 radical (unpaired) electrons. The molecule has 24 heavy (non-hydrogen) atoms. The summed E-state index contributed by atoms with van der Waals surface area (Å²) in [6.07, 6.45) is 2.46. The van der Waals surface area contributed by atoms with Gasteiger partial charge in [-0.15, -0.1) is 0 Å². The average Bonchev–Trinajstić information content (AvgIpc) is 3.36. The molecule has 3 heterocycles. The Morgan fingerprint density at radius 1 is 1.17 bits per heavy atom. The lowest BCUT2D eigenvalue weighted by atomic mass is 10.2. The summed E-state index contributed by atoms with van der Waals surface area (Å²) < 4.78 is 10.4. The molecule has 1 atom stereocenters. The molecule has 1 aromatic carbocycles. The highest BCUT2D eigenvalue weighted by Crippen LogP contribution is 2.22. The molecule has 0 bridgehead atoms. The number of carbonyl (C=O) groups is 1. The normalized spacial score (nSPS) is 17.2. The minimum Gasteiger partial charge on any atom is -0.461 e. The van der Waals surface area contributed by atoms with Gasteiger partial charge < -0.3 is 19.2 Å². The second kappa shape index (κ2) is 6.23. The van der Waals surface area contributed by atoms with Crippen molar-refractivity contribution in [2.24, 2.45) is 0 Å². The maximum Gasteiger partial charge on any atom is 0.273 e. The molecule has 3 aromatic rings. The molecule has 122 valence electrons. The highest BCUT2D eigenvalue weighted by atomic mass is 16.5. The van der Waals surface area contributed by atoms with Crippen LogP contribution in [0.5, 0.6) is 0 Å². The number of furan rings is 1. The maximum atomic E-state index is 12.3. The third-order valence-electron chi connectivity index (χ3n) is 4.15. The highest BCUT2D eigenvalue weighted by Gasteiger charge is 2.25. The molecule has 0 spiro atoms. The maximum absolute atomic E-state index is 12.3. The fourth-order valence-corrected chi connectivity index (χ4v) is 2.93. The van der Waals surface area contributed by atoms with Crippen molar-refractivity contribution in [2.75, 3.05) is 18.0 Å². The van der Waals surface area contributed by atoms with Crippen LogP contribution in [-0.2, 0) is 0 Å². The van der Waals surface area contributed by atoms with E-state index < -0.39 is 0 Å². The first kappa shape index (κ1) is 14.6. The smallest absolute Gasteiger partial charge is 0.273 e. The van der Waals surface area contributed by atoms with Crippen LogP contribution in [0.15, 0.2) is 63.7 Å². The molecule has 1 amide bonds. The first-order chi connectivity index (χ1) is 11.8. The average molecular weight is 323 g/mol. The van der Waals surface area contributed by atoms with Crippen LogP contribution in [0.1, 0.15) is 16.9 Å². The van der Waals surface area contributed by atoms with Crippen molar-refractivity contribution in [3.63, 3.8) is 0 Å². The number of para-hydroxylation sites is 1. The van der Waals surface area contributed by atoms with Crippen LogP contribution in [0.4, 0.5) is 5.69 Å². The molecule has 1 aliphatic rings. The summed E-state index contributed by atoms with van der Waals surface area (Å²) >= 11 is 0. The Kier molecular flexibility index (Phi) is 3.78. The van der Waals surface area contributed by atoms with E-state index in [4.69, 9.17) is 8.94 Å². The predicted molar refractivity (Wildman–Crippen MR) is 88.7 cm³/mol. The van der Waals surface area contributed by atoms with E-state index >= 15 is 0 Å². The van der Waals surface area contributed by atoms with Crippen LogP contribution in [0, 0.1) is 0 Å². The molecular weight excluding hydrogens is 306 g/mol. The van der Waals surface area contributed by atoms with E-state index in [1.54, 1.807) is 24.5 Å². The Bertz CT molecular complexity index is 811. The topological polar surface area (TPSA) is 71.5 Å². The van der Waals surface area contributed by atoms with E-state index in [1.807, 2.05) is 18.2 Å². The van der Waals surface area contributed by atoms with Crippen molar-refractivity contribution in [3.05, 3.63) is 60.5 Å². The number of benzene rings is 1. The molecule has 1 N–H and O–H groups in total. The number of rotatable bonds is 4. The van der Waals surface area contributed by atoms with E-state index in [0.29, 0.717) is 11.5 Å². The quantitative estimate of drug-likeness (QED) is 0.799. The molecule has 0 aliphatic carbocycles. The van der Waals surface area contributed by atoms with Crippen LogP contribution >= 0.6 is 0 Å². The van der Waals surface area contributed by atoms with Gasteiger partial charge in [0.15, 0.2) is 11.5 Å². The monoisotopic (exact) mass is 323 g/mol. The number of anilines is 1. The van der Waals surface area contributed by atoms with Crippen molar-refractivity contribution in [1.29, 1.82) is 0 Å². The van der Waals surface area contributed by atoms with Gasteiger partial charge in [-0.05, 0) is 30.7 Å². The van der Waals surface area contributed by atoms with E-state index in [2.05, 4.69) is 27.5 Å².